The monoisotopic (exact) mass is 300 g/mol. The Morgan fingerprint density at radius 2 is 2.23 bits per heavy atom. The molecule has 0 saturated carbocycles. The zero-order valence-electron chi connectivity index (χ0n) is 12.9. The number of aromatic nitrogens is 3. The number of hydrogen-bond donors (Lipinski definition) is 1. The summed E-state index contributed by atoms with van der Waals surface area (Å²) in [6.07, 6.45) is 1.72. The predicted octanol–water partition coefficient (Wildman–Crippen LogP) is 1.42. The van der Waals surface area contributed by atoms with Crippen molar-refractivity contribution in [2.24, 2.45) is 7.05 Å². The molecule has 1 N–H and O–H groups in total. The van der Waals surface area contributed by atoms with E-state index in [4.69, 9.17) is 0 Å². The van der Waals surface area contributed by atoms with Gasteiger partial charge in [0.25, 0.3) is 0 Å². The molecular formula is C16H20N4O2. The van der Waals surface area contributed by atoms with E-state index in [1.54, 1.807) is 4.68 Å². The van der Waals surface area contributed by atoms with Crippen molar-refractivity contribution >= 4 is 5.97 Å². The lowest BCUT2D eigenvalue weighted by Gasteiger charge is -2.27. The van der Waals surface area contributed by atoms with Gasteiger partial charge in [-0.2, -0.15) is 5.10 Å². The molecule has 0 aliphatic carbocycles. The fourth-order valence-corrected chi connectivity index (χ4v) is 3.02. The van der Waals surface area contributed by atoms with Crippen LogP contribution in [0.1, 0.15) is 33.1 Å². The zero-order chi connectivity index (χ0) is 15.7. The quantitative estimate of drug-likeness (QED) is 0.924. The number of aryl methyl sites for hydroxylation is 2. The first-order chi connectivity index (χ1) is 10.5. The molecule has 1 aliphatic heterocycles. The number of carbonyl (C=O) groups is 1. The lowest BCUT2D eigenvalue weighted by atomic mass is 10.0. The molecule has 0 spiro atoms. The standard InChI is InChI=1S/C16H20N4O2/c1-11-4-3-5-12(17-11)6-8-20-9-7-14-13(10-20)15(16(21)22)18-19(14)2/h3-5H,6-10H2,1-2H3,(H,21,22). The summed E-state index contributed by atoms with van der Waals surface area (Å²) in [5.41, 5.74) is 4.20. The molecule has 0 atom stereocenters. The van der Waals surface area contributed by atoms with Gasteiger partial charge in [-0.15, -0.1) is 0 Å². The van der Waals surface area contributed by atoms with E-state index in [-0.39, 0.29) is 5.69 Å². The van der Waals surface area contributed by atoms with Crippen LogP contribution in [0.3, 0.4) is 0 Å². The van der Waals surface area contributed by atoms with Crippen LogP contribution < -0.4 is 0 Å². The molecule has 3 heterocycles. The summed E-state index contributed by atoms with van der Waals surface area (Å²) in [6, 6.07) is 6.05. The molecule has 0 bridgehead atoms. The van der Waals surface area contributed by atoms with E-state index in [2.05, 4.69) is 15.0 Å². The molecule has 6 nitrogen and oxygen atoms in total. The molecule has 0 amide bonds. The second-order valence-corrected chi connectivity index (χ2v) is 5.75. The van der Waals surface area contributed by atoms with E-state index in [9.17, 15) is 9.90 Å². The highest BCUT2D eigenvalue weighted by Gasteiger charge is 2.26. The van der Waals surface area contributed by atoms with E-state index < -0.39 is 5.97 Å². The van der Waals surface area contributed by atoms with Crippen molar-refractivity contribution in [3.8, 4) is 0 Å². The highest BCUT2D eigenvalue weighted by Crippen LogP contribution is 2.22. The fourth-order valence-electron chi connectivity index (χ4n) is 3.02. The van der Waals surface area contributed by atoms with Crippen LogP contribution in [0.5, 0.6) is 0 Å². The van der Waals surface area contributed by atoms with E-state index in [0.29, 0.717) is 6.54 Å². The number of fused-ring (bicyclic) bond motifs is 1. The largest absolute Gasteiger partial charge is 0.476 e. The molecule has 6 heteroatoms. The maximum Gasteiger partial charge on any atom is 0.356 e. The summed E-state index contributed by atoms with van der Waals surface area (Å²) in [4.78, 5) is 18.1. The maximum atomic E-state index is 11.3. The van der Waals surface area contributed by atoms with Gasteiger partial charge in [0, 0.05) is 62.2 Å². The van der Waals surface area contributed by atoms with Crippen molar-refractivity contribution in [3.05, 3.63) is 46.5 Å². The molecular weight excluding hydrogens is 280 g/mol. The minimum absolute atomic E-state index is 0.191. The fraction of sp³-hybridized carbons (Fsp3) is 0.438. The number of carboxylic acids is 1. The first-order valence-corrected chi connectivity index (χ1v) is 7.47. The Morgan fingerprint density at radius 1 is 1.41 bits per heavy atom. The van der Waals surface area contributed by atoms with Crippen LogP contribution >= 0.6 is 0 Å². The van der Waals surface area contributed by atoms with Gasteiger partial charge < -0.3 is 5.11 Å². The van der Waals surface area contributed by atoms with E-state index in [1.807, 2.05) is 32.2 Å². The number of nitrogens with zero attached hydrogens (tertiary/aromatic N) is 4. The van der Waals surface area contributed by atoms with E-state index in [1.165, 1.54) is 0 Å². The smallest absolute Gasteiger partial charge is 0.356 e. The summed E-state index contributed by atoms with van der Waals surface area (Å²) >= 11 is 0. The Morgan fingerprint density at radius 3 is 2.95 bits per heavy atom. The molecule has 22 heavy (non-hydrogen) atoms. The average molecular weight is 300 g/mol. The van der Waals surface area contributed by atoms with Gasteiger partial charge in [-0.05, 0) is 19.1 Å². The third kappa shape index (κ3) is 2.87. The number of aromatic carboxylic acids is 1. The minimum Gasteiger partial charge on any atom is -0.476 e. The van der Waals surface area contributed by atoms with Crippen LogP contribution in [0.2, 0.25) is 0 Å². The summed E-state index contributed by atoms with van der Waals surface area (Å²) in [7, 11) is 1.82. The lowest BCUT2D eigenvalue weighted by Crippen LogP contribution is -2.33. The zero-order valence-corrected chi connectivity index (χ0v) is 12.9. The highest BCUT2D eigenvalue weighted by molar-refractivity contribution is 5.87. The Bertz CT molecular complexity index is 708. The normalized spacial score (nSPS) is 14.8. The molecule has 1 aliphatic rings. The van der Waals surface area contributed by atoms with Crippen molar-refractivity contribution in [2.45, 2.75) is 26.3 Å². The summed E-state index contributed by atoms with van der Waals surface area (Å²) in [5, 5.41) is 13.4. The SMILES string of the molecule is Cc1cccc(CCN2CCc3c(c(C(=O)O)nn3C)C2)n1. The molecule has 2 aromatic rings. The topological polar surface area (TPSA) is 71.2 Å². The van der Waals surface area contributed by atoms with Gasteiger partial charge in [-0.25, -0.2) is 4.79 Å². The van der Waals surface area contributed by atoms with Crippen molar-refractivity contribution in [1.29, 1.82) is 0 Å². The molecule has 0 unspecified atom stereocenters. The molecule has 116 valence electrons. The third-order valence-corrected chi connectivity index (χ3v) is 4.15. The molecule has 0 fully saturated rings. The second-order valence-electron chi connectivity index (χ2n) is 5.75. The average Bonchev–Trinajstić information content (AvgIpc) is 2.82. The Kier molecular flexibility index (Phi) is 3.94. The second kappa shape index (κ2) is 5.88. The third-order valence-electron chi connectivity index (χ3n) is 4.15. The van der Waals surface area contributed by atoms with Crippen molar-refractivity contribution in [1.82, 2.24) is 19.7 Å². The van der Waals surface area contributed by atoms with Crippen LogP contribution in [0.25, 0.3) is 0 Å². The van der Waals surface area contributed by atoms with Crippen LogP contribution in [0.4, 0.5) is 0 Å². The van der Waals surface area contributed by atoms with Crippen molar-refractivity contribution < 1.29 is 9.90 Å². The van der Waals surface area contributed by atoms with Crippen LogP contribution in [-0.4, -0.2) is 43.8 Å². The summed E-state index contributed by atoms with van der Waals surface area (Å²) < 4.78 is 1.71. The van der Waals surface area contributed by atoms with Gasteiger partial charge in [0.2, 0.25) is 0 Å². The van der Waals surface area contributed by atoms with Crippen LogP contribution in [-0.2, 0) is 26.4 Å². The Hall–Kier alpha value is -2.21. The van der Waals surface area contributed by atoms with Gasteiger partial charge in [0.15, 0.2) is 5.69 Å². The van der Waals surface area contributed by atoms with E-state index in [0.717, 1.165) is 48.6 Å². The molecule has 0 radical (unpaired) electrons. The first kappa shape index (κ1) is 14.7. The van der Waals surface area contributed by atoms with E-state index >= 15 is 0 Å². The predicted molar refractivity (Wildman–Crippen MR) is 81.8 cm³/mol. The van der Waals surface area contributed by atoms with Crippen LogP contribution in [0.15, 0.2) is 18.2 Å². The lowest BCUT2D eigenvalue weighted by molar-refractivity contribution is 0.0687. The Balaban J connectivity index is 1.70. The summed E-state index contributed by atoms with van der Waals surface area (Å²) in [6.45, 7) is 4.45. The number of carboxylic acid groups (broad SMARTS) is 1. The Labute approximate surface area is 129 Å². The van der Waals surface area contributed by atoms with Gasteiger partial charge >= 0.3 is 5.97 Å². The van der Waals surface area contributed by atoms with Gasteiger partial charge in [-0.1, -0.05) is 6.07 Å². The van der Waals surface area contributed by atoms with Gasteiger partial charge in [0.05, 0.1) is 0 Å². The van der Waals surface area contributed by atoms with Gasteiger partial charge in [0.1, 0.15) is 0 Å². The summed E-state index contributed by atoms with van der Waals surface area (Å²) in [5.74, 6) is -0.945. The molecule has 0 aromatic carbocycles. The van der Waals surface area contributed by atoms with Crippen molar-refractivity contribution in [3.63, 3.8) is 0 Å². The molecule has 2 aromatic heterocycles. The minimum atomic E-state index is -0.945. The number of pyridine rings is 1. The van der Waals surface area contributed by atoms with Crippen LogP contribution in [0, 0.1) is 6.92 Å². The molecule has 0 saturated heterocycles. The maximum absolute atomic E-state index is 11.3. The first-order valence-electron chi connectivity index (χ1n) is 7.47. The number of hydrogen-bond acceptors (Lipinski definition) is 4. The van der Waals surface area contributed by atoms with Gasteiger partial charge in [-0.3, -0.25) is 14.6 Å². The van der Waals surface area contributed by atoms with Crippen molar-refractivity contribution in [2.75, 3.05) is 13.1 Å². The highest BCUT2D eigenvalue weighted by atomic mass is 16.4. The molecule has 3 rings (SSSR count). The number of rotatable bonds is 4.